The molecule has 7 heteroatoms. The molecule has 3 rings (SSSR count). The fourth-order valence-corrected chi connectivity index (χ4v) is 2.88. The van der Waals surface area contributed by atoms with Crippen molar-refractivity contribution >= 4 is 17.8 Å². The molecule has 1 N–H and O–H groups in total. The third-order valence-corrected chi connectivity index (χ3v) is 3.97. The first-order valence-electron chi connectivity index (χ1n) is 6.85. The molecular formula is C14H15N3O4. The molecule has 3 heterocycles. The topological polar surface area (TPSA) is 90.8 Å². The summed E-state index contributed by atoms with van der Waals surface area (Å²) in [6.07, 6.45) is 1.31. The van der Waals surface area contributed by atoms with E-state index in [1.807, 2.05) is 4.90 Å². The van der Waals surface area contributed by atoms with Crippen molar-refractivity contribution in [2.45, 2.75) is 18.9 Å². The van der Waals surface area contributed by atoms with Crippen LogP contribution in [0.5, 0.6) is 0 Å². The SMILES string of the molecule is O=C(O)c1cccc(C(=O)N2CCN3C(=O)CCC3C2)n1. The second-order valence-electron chi connectivity index (χ2n) is 5.24. The van der Waals surface area contributed by atoms with Crippen LogP contribution >= 0.6 is 0 Å². The quantitative estimate of drug-likeness (QED) is 0.841. The van der Waals surface area contributed by atoms with Gasteiger partial charge in [-0.3, -0.25) is 9.59 Å². The van der Waals surface area contributed by atoms with Crippen molar-refractivity contribution in [2.24, 2.45) is 0 Å². The lowest BCUT2D eigenvalue weighted by atomic mass is 10.1. The molecular weight excluding hydrogens is 274 g/mol. The lowest BCUT2D eigenvalue weighted by molar-refractivity contribution is -0.130. The van der Waals surface area contributed by atoms with Gasteiger partial charge in [0.05, 0.1) is 0 Å². The monoisotopic (exact) mass is 289 g/mol. The molecule has 0 radical (unpaired) electrons. The van der Waals surface area contributed by atoms with Gasteiger partial charge in [-0.15, -0.1) is 0 Å². The Morgan fingerprint density at radius 2 is 2.00 bits per heavy atom. The zero-order chi connectivity index (χ0) is 15.0. The number of fused-ring (bicyclic) bond motifs is 1. The fraction of sp³-hybridized carbons (Fsp3) is 0.429. The van der Waals surface area contributed by atoms with E-state index in [-0.39, 0.29) is 29.2 Å². The maximum atomic E-state index is 12.4. The molecule has 1 unspecified atom stereocenters. The maximum Gasteiger partial charge on any atom is 0.354 e. The van der Waals surface area contributed by atoms with E-state index in [2.05, 4.69) is 4.98 Å². The van der Waals surface area contributed by atoms with Crippen molar-refractivity contribution in [1.82, 2.24) is 14.8 Å². The summed E-state index contributed by atoms with van der Waals surface area (Å²) in [6, 6.07) is 4.46. The number of nitrogens with zero attached hydrogens (tertiary/aromatic N) is 3. The number of amides is 2. The second kappa shape index (κ2) is 5.16. The van der Waals surface area contributed by atoms with Crippen molar-refractivity contribution < 1.29 is 19.5 Å². The van der Waals surface area contributed by atoms with Gasteiger partial charge in [-0.1, -0.05) is 6.07 Å². The zero-order valence-electron chi connectivity index (χ0n) is 11.4. The predicted octanol–water partition coefficient (Wildman–Crippen LogP) is 0.227. The van der Waals surface area contributed by atoms with Crippen LogP contribution in [0, 0.1) is 0 Å². The summed E-state index contributed by atoms with van der Waals surface area (Å²) in [5.41, 5.74) is -0.0109. The van der Waals surface area contributed by atoms with E-state index < -0.39 is 5.97 Å². The molecule has 2 aliphatic heterocycles. The Balaban J connectivity index is 1.75. The molecule has 0 spiro atoms. The molecule has 0 aliphatic carbocycles. The maximum absolute atomic E-state index is 12.4. The zero-order valence-corrected chi connectivity index (χ0v) is 11.4. The van der Waals surface area contributed by atoms with Crippen LogP contribution in [0.4, 0.5) is 0 Å². The van der Waals surface area contributed by atoms with E-state index in [1.165, 1.54) is 18.2 Å². The first-order valence-corrected chi connectivity index (χ1v) is 6.85. The van der Waals surface area contributed by atoms with E-state index in [0.717, 1.165) is 6.42 Å². The van der Waals surface area contributed by atoms with Crippen molar-refractivity contribution in [1.29, 1.82) is 0 Å². The van der Waals surface area contributed by atoms with Crippen LogP contribution < -0.4 is 0 Å². The van der Waals surface area contributed by atoms with Crippen molar-refractivity contribution in [3.8, 4) is 0 Å². The normalized spacial score (nSPS) is 21.3. The standard InChI is InChI=1S/C14H15N3O4/c18-12-5-4-9-8-16(6-7-17(9)12)13(19)10-2-1-3-11(15-10)14(20)21/h1-3,9H,4-8H2,(H,20,21). The molecule has 1 aromatic rings. The highest BCUT2D eigenvalue weighted by atomic mass is 16.4. The van der Waals surface area contributed by atoms with Gasteiger partial charge >= 0.3 is 5.97 Å². The first-order chi connectivity index (χ1) is 10.1. The van der Waals surface area contributed by atoms with Gasteiger partial charge in [-0.25, -0.2) is 9.78 Å². The average Bonchev–Trinajstić information content (AvgIpc) is 2.87. The summed E-state index contributed by atoms with van der Waals surface area (Å²) in [6.45, 7) is 1.48. The smallest absolute Gasteiger partial charge is 0.354 e. The molecule has 0 aromatic carbocycles. The Morgan fingerprint density at radius 3 is 2.76 bits per heavy atom. The molecule has 2 aliphatic rings. The van der Waals surface area contributed by atoms with Gasteiger partial charge < -0.3 is 14.9 Å². The van der Waals surface area contributed by atoms with E-state index in [1.54, 1.807) is 4.90 Å². The highest BCUT2D eigenvalue weighted by Crippen LogP contribution is 2.23. The van der Waals surface area contributed by atoms with Gasteiger partial charge in [0.15, 0.2) is 0 Å². The van der Waals surface area contributed by atoms with Gasteiger partial charge in [0.2, 0.25) is 5.91 Å². The molecule has 0 bridgehead atoms. The number of pyridine rings is 1. The third kappa shape index (κ3) is 2.46. The average molecular weight is 289 g/mol. The summed E-state index contributed by atoms with van der Waals surface area (Å²) >= 11 is 0. The summed E-state index contributed by atoms with van der Waals surface area (Å²) in [7, 11) is 0. The summed E-state index contributed by atoms with van der Waals surface area (Å²) < 4.78 is 0. The van der Waals surface area contributed by atoms with Crippen molar-refractivity contribution in [3.63, 3.8) is 0 Å². The van der Waals surface area contributed by atoms with E-state index in [0.29, 0.717) is 26.1 Å². The van der Waals surface area contributed by atoms with Gasteiger partial charge in [-0.05, 0) is 18.6 Å². The summed E-state index contributed by atoms with van der Waals surface area (Å²) in [5, 5.41) is 8.92. The number of carbonyl (C=O) groups is 3. The molecule has 110 valence electrons. The highest BCUT2D eigenvalue weighted by Gasteiger charge is 2.37. The summed E-state index contributed by atoms with van der Waals surface area (Å²) in [5.74, 6) is -1.29. The van der Waals surface area contributed by atoms with Crippen molar-refractivity contribution in [3.05, 3.63) is 29.6 Å². The van der Waals surface area contributed by atoms with E-state index in [9.17, 15) is 14.4 Å². The Kier molecular flexibility index (Phi) is 3.32. The minimum atomic E-state index is -1.16. The molecule has 2 amide bonds. The van der Waals surface area contributed by atoms with Gasteiger partial charge in [-0.2, -0.15) is 0 Å². The van der Waals surface area contributed by atoms with Crippen LogP contribution in [0.1, 0.15) is 33.8 Å². The fourth-order valence-electron chi connectivity index (χ4n) is 2.88. The minimum Gasteiger partial charge on any atom is -0.477 e. The van der Waals surface area contributed by atoms with Crippen LogP contribution in [0.2, 0.25) is 0 Å². The minimum absolute atomic E-state index is 0.0813. The van der Waals surface area contributed by atoms with Crippen LogP contribution in [0.25, 0.3) is 0 Å². The molecule has 21 heavy (non-hydrogen) atoms. The number of carbonyl (C=O) groups excluding carboxylic acids is 2. The molecule has 7 nitrogen and oxygen atoms in total. The van der Waals surface area contributed by atoms with Crippen LogP contribution in [-0.4, -0.2) is 63.4 Å². The number of hydrogen-bond donors (Lipinski definition) is 1. The molecule has 0 saturated carbocycles. The number of carboxylic acid groups (broad SMARTS) is 1. The number of carboxylic acids is 1. The number of aromatic carboxylic acids is 1. The van der Waals surface area contributed by atoms with Crippen molar-refractivity contribution in [2.75, 3.05) is 19.6 Å². The van der Waals surface area contributed by atoms with Gasteiger partial charge in [0.1, 0.15) is 11.4 Å². The van der Waals surface area contributed by atoms with E-state index >= 15 is 0 Å². The number of aromatic nitrogens is 1. The molecule has 2 saturated heterocycles. The molecule has 1 atom stereocenters. The van der Waals surface area contributed by atoms with Gasteiger partial charge in [0.25, 0.3) is 5.91 Å². The van der Waals surface area contributed by atoms with E-state index in [4.69, 9.17) is 5.11 Å². The lowest BCUT2D eigenvalue weighted by Gasteiger charge is -2.37. The Hall–Kier alpha value is -2.44. The Bertz CT molecular complexity index is 616. The Labute approximate surface area is 121 Å². The highest BCUT2D eigenvalue weighted by molar-refractivity contribution is 5.94. The molecule has 2 fully saturated rings. The second-order valence-corrected chi connectivity index (χ2v) is 5.24. The largest absolute Gasteiger partial charge is 0.477 e. The number of hydrogen-bond acceptors (Lipinski definition) is 4. The third-order valence-electron chi connectivity index (χ3n) is 3.97. The number of piperazine rings is 1. The first kappa shape index (κ1) is 13.5. The lowest BCUT2D eigenvalue weighted by Crippen LogP contribution is -2.53. The number of rotatable bonds is 2. The van der Waals surface area contributed by atoms with Crippen LogP contribution in [-0.2, 0) is 4.79 Å². The predicted molar refractivity (Wildman–Crippen MR) is 71.8 cm³/mol. The van der Waals surface area contributed by atoms with Crippen LogP contribution in [0.3, 0.4) is 0 Å². The van der Waals surface area contributed by atoms with Crippen LogP contribution in [0.15, 0.2) is 18.2 Å². The summed E-state index contributed by atoms with van der Waals surface area (Å²) in [4.78, 5) is 42.3. The Morgan fingerprint density at radius 1 is 1.24 bits per heavy atom. The van der Waals surface area contributed by atoms with Gasteiger partial charge in [0, 0.05) is 32.1 Å². The molecule has 1 aromatic heterocycles.